The van der Waals surface area contributed by atoms with Crippen LogP contribution in [-0.2, 0) is 13.1 Å². The molecule has 164 valence electrons. The molecule has 1 atom stereocenters. The summed E-state index contributed by atoms with van der Waals surface area (Å²) in [6.45, 7) is 9.63. The summed E-state index contributed by atoms with van der Waals surface area (Å²) >= 11 is 0. The van der Waals surface area contributed by atoms with E-state index in [2.05, 4.69) is 65.8 Å². The van der Waals surface area contributed by atoms with Crippen LogP contribution in [0.25, 0.3) is 22.3 Å². The van der Waals surface area contributed by atoms with Gasteiger partial charge in [0.25, 0.3) is 0 Å². The van der Waals surface area contributed by atoms with E-state index in [0.29, 0.717) is 18.5 Å². The fourth-order valence-electron chi connectivity index (χ4n) is 4.59. The molecule has 0 amide bonds. The zero-order valence-corrected chi connectivity index (χ0v) is 18.3. The van der Waals surface area contributed by atoms with Gasteiger partial charge in [-0.1, -0.05) is 0 Å². The molecule has 1 saturated heterocycles. The number of hydrogen-bond donors (Lipinski definition) is 2. The van der Waals surface area contributed by atoms with Crippen molar-refractivity contribution in [1.29, 1.82) is 0 Å². The molecule has 0 spiro atoms. The van der Waals surface area contributed by atoms with Crippen molar-refractivity contribution in [1.82, 2.24) is 40.0 Å². The van der Waals surface area contributed by atoms with E-state index < -0.39 is 0 Å². The SMILES string of the molecule is Cc1cnc2n1CCN(c1ncc3[nH]nc(-c4ccc(N5CCN[C@H](C)C5)nc4)c3n1)C2. The van der Waals surface area contributed by atoms with E-state index in [1.807, 2.05) is 18.6 Å². The molecule has 0 bridgehead atoms. The Balaban J connectivity index is 1.29. The van der Waals surface area contributed by atoms with Crippen molar-refractivity contribution in [3.05, 3.63) is 42.2 Å². The van der Waals surface area contributed by atoms with Crippen LogP contribution in [0.15, 0.2) is 30.7 Å². The lowest BCUT2D eigenvalue weighted by Gasteiger charge is -2.32. The van der Waals surface area contributed by atoms with Gasteiger partial charge in [-0.2, -0.15) is 5.10 Å². The first-order valence-corrected chi connectivity index (χ1v) is 11.1. The number of aryl methyl sites for hydroxylation is 1. The molecular formula is C22H26N10. The lowest BCUT2D eigenvalue weighted by molar-refractivity contribution is 0.482. The highest BCUT2D eigenvalue weighted by Crippen LogP contribution is 2.27. The first-order valence-electron chi connectivity index (χ1n) is 11.1. The lowest BCUT2D eigenvalue weighted by atomic mass is 10.2. The molecule has 10 heteroatoms. The number of imidazole rings is 1. The quantitative estimate of drug-likeness (QED) is 0.507. The third kappa shape index (κ3) is 3.27. The number of piperazine rings is 1. The van der Waals surface area contributed by atoms with E-state index in [9.17, 15) is 0 Å². The maximum atomic E-state index is 4.87. The monoisotopic (exact) mass is 430 g/mol. The minimum atomic E-state index is 0.465. The van der Waals surface area contributed by atoms with Crippen LogP contribution in [0.1, 0.15) is 18.4 Å². The number of hydrogen-bond acceptors (Lipinski definition) is 8. The lowest BCUT2D eigenvalue weighted by Crippen LogP contribution is -2.49. The smallest absolute Gasteiger partial charge is 0.226 e. The van der Waals surface area contributed by atoms with Gasteiger partial charge in [0.05, 0.1) is 12.7 Å². The average Bonchev–Trinajstić information content (AvgIpc) is 3.42. The molecule has 0 saturated carbocycles. The topological polar surface area (TPSA) is 104 Å². The second-order valence-corrected chi connectivity index (χ2v) is 8.60. The normalized spacial score (nSPS) is 18.9. The summed E-state index contributed by atoms with van der Waals surface area (Å²) in [5.74, 6) is 2.75. The van der Waals surface area contributed by atoms with Gasteiger partial charge in [-0.15, -0.1) is 0 Å². The maximum absolute atomic E-state index is 4.87. The molecule has 4 aromatic rings. The van der Waals surface area contributed by atoms with Crippen LogP contribution in [0.3, 0.4) is 0 Å². The molecule has 1 fully saturated rings. The van der Waals surface area contributed by atoms with Crippen molar-refractivity contribution in [2.24, 2.45) is 0 Å². The molecular weight excluding hydrogens is 404 g/mol. The Kier molecular flexibility index (Phi) is 4.53. The second-order valence-electron chi connectivity index (χ2n) is 8.60. The fourth-order valence-corrected chi connectivity index (χ4v) is 4.59. The number of aromatic amines is 1. The van der Waals surface area contributed by atoms with Crippen LogP contribution < -0.4 is 15.1 Å². The number of nitrogens with zero attached hydrogens (tertiary/aromatic N) is 8. The van der Waals surface area contributed by atoms with Gasteiger partial charge in [0.2, 0.25) is 5.95 Å². The summed E-state index contributed by atoms with van der Waals surface area (Å²) in [5.41, 5.74) is 4.56. The van der Waals surface area contributed by atoms with Gasteiger partial charge >= 0.3 is 0 Å². The van der Waals surface area contributed by atoms with Crippen molar-refractivity contribution in [2.75, 3.05) is 36.0 Å². The first-order chi connectivity index (χ1) is 15.7. The Morgan fingerprint density at radius 1 is 1.00 bits per heavy atom. The van der Waals surface area contributed by atoms with E-state index in [4.69, 9.17) is 9.97 Å². The molecule has 2 aliphatic rings. The number of H-pyrrole nitrogens is 1. The molecule has 6 rings (SSSR count). The van der Waals surface area contributed by atoms with E-state index in [1.165, 1.54) is 5.69 Å². The molecule has 10 nitrogen and oxygen atoms in total. The molecule has 0 radical (unpaired) electrons. The second kappa shape index (κ2) is 7.56. The van der Waals surface area contributed by atoms with Crippen molar-refractivity contribution in [3.8, 4) is 11.3 Å². The van der Waals surface area contributed by atoms with Crippen LogP contribution in [0.4, 0.5) is 11.8 Å². The van der Waals surface area contributed by atoms with Crippen molar-refractivity contribution < 1.29 is 0 Å². The summed E-state index contributed by atoms with van der Waals surface area (Å²) in [6, 6.07) is 4.61. The van der Waals surface area contributed by atoms with Gasteiger partial charge in [-0.25, -0.2) is 19.9 Å². The van der Waals surface area contributed by atoms with Gasteiger partial charge in [-0.3, -0.25) is 5.10 Å². The summed E-state index contributed by atoms with van der Waals surface area (Å²) in [6.07, 6.45) is 5.62. The Morgan fingerprint density at radius 3 is 2.78 bits per heavy atom. The third-order valence-corrected chi connectivity index (χ3v) is 6.35. The summed E-state index contributed by atoms with van der Waals surface area (Å²) in [7, 11) is 0. The van der Waals surface area contributed by atoms with Crippen LogP contribution >= 0.6 is 0 Å². The molecule has 32 heavy (non-hydrogen) atoms. The Bertz CT molecular complexity index is 1260. The molecule has 0 unspecified atom stereocenters. The molecule has 2 N–H and O–H groups in total. The minimum Gasteiger partial charge on any atom is -0.354 e. The molecule has 0 aromatic carbocycles. The number of aromatic nitrogens is 7. The van der Waals surface area contributed by atoms with Crippen LogP contribution in [0.5, 0.6) is 0 Å². The fraction of sp³-hybridized carbons (Fsp3) is 0.409. The number of rotatable bonds is 3. The Morgan fingerprint density at radius 2 is 1.94 bits per heavy atom. The van der Waals surface area contributed by atoms with Gasteiger partial charge in [0, 0.05) is 62.4 Å². The molecule has 6 heterocycles. The van der Waals surface area contributed by atoms with Crippen molar-refractivity contribution >= 4 is 22.8 Å². The van der Waals surface area contributed by atoms with Crippen LogP contribution in [0.2, 0.25) is 0 Å². The summed E-state index contributed by atoms with van der Waals surface area (Å²) in [4.78, 5) is 23.2. The third-order valence-electron chi connectivity index (χ3n) is 6.35. The van der Waals surface area contributed by atoms with Crippen LogP contribution in [-0.4, -0.2) is 66.9 Å². The Labute approximate surface area is 185 Å². The van der Waals surface area contributed by atoms with Crippen molar-refractivity contribution in [3.63, 3.8) is 0 Å². The minimum absolute atomic E-state index is 0.465. The number of anilines is 2. The highest BCUT2D eigenvalue weighted by Gasteiger charge is 2.22. The highest BCUT2D eigenvalue weighted by atomic mass is 15.3. The molecule has 4 aromatic heterocycles. The molecule has 2 aliphatic heterocycles. The summed E-state index contributed by atoms with van der Waals surface area (Å²) < 4.78 is 2.25. The Hall–Kier alpha value is -3.53. The zero-order valence-electron chi connectivity index (χ0n) is 18.3. The number of nitrogens with one attached hydrogen (secondary N) is 2. The number of fused-ring (bicyclic) bond motifs is 2. The largest absolute Gasteiger partial charge is 0.354 e. The van der Waals surface area contributed by atoms with E-state index in [-0.39, 0.29) is 0 Å². The van der Waals surface area contributed by atoms with E-state index in [1.54, 1.807) is 0 Å². The predicted octanol–water partition coefficient (Wildman–Crippen LogP) is 1.74. The van der Waals surface area contributed by atoms with Crippen LogP contribution in [0, 0.1) is 6.92 Å². The zero-order chi connectivity index (χ0) is 21.7. The van der Waals surface area contributed by atoms with Gasteiger partial charge in [0.15, 0.2) is 0 Å². The predicted molar refractivity (Wildman–Crippen MR) is 123 cm³/mol. The van der Waals surface area contributed by atoms with Gasteiger partial charge in [-0.05, 0) is 26.0 Å². The first kappa shape index (κ1) is 19.2. The average molecular weight is 431 g/mol. The van der Waals surface area contributed by atoms with Crippen molar-refractivity contribution in [2.45, 2.75) is 33.0 Å². The highest BCUT2D eigenvalue weighted by molar-refractivity contribution is 5.89. The standard InChI is InChI=1S/C22H26N10/c1-14-12-30(6-5-23-14)18-4-3-16(10-25-18)20-21-17(28-29-20)11-26-22(27-21)31-7-8-32-15(2)9-24-19(32)13-31/h3-4,9-11,14,23H,5-8,12-13H2,1-2H3,(H,28,29)/t14-/m1/s1. The maximum Gasteiger partial charge on any atom is 0.226 e. The number of pyridine rings is 1. The van der Waals surface area contributed by atoms with Gasteiger partial charge in [0.1, 0.15) is 28.4 Å². The molecule has 0 aliphatic carbocycles. The van der Waals surface area contributed by atoms with Gasteiger partial charge < -0.3 is 19.7 Å². The van der Waals surface area contributed by atoms with E-state index >= 15 is 0 Å². The van der Waals surface area contributed by atoms with E-state index in [0.717, 1.165) is 66.7 Å². The summed E-state index contributed by atoms with van der Waals surface area (Å²) in [5, 5.41) is 11.0.